The maximum atomic E-state index is 12.6. The van der Waals surface area contributed by atoms with Crippen LogP contribution < -0.4 is 10.6 Å². The van der Waals surface area contributed by atoms with Crippen molar-refractivity contribution < 1.29 is 14.3 Å². The molecular weight excluding hydrogens is 358 g/mol. The molecule has 28 heavy (non-hydrogen) atoms. The number of hydrogen-bond donors (Lipinski definition) is 2. The minimum atomic E-state index is -0.476. The summed E-state index contributed by atoms with van der Waals surface area (Å²) >= 11 is 0. The van der Waals surface area contributed by atoms with Gasteiger partial charge in [-0.15, -0.1) is 0 Å². The minimum Gasteiger partial charge on any atom is -0.465 e. The summed E-state index contributed by atoms with van der Waals surface area (Å²) in [5.41, 5.74) is 2.01. The van der Waals surface area contributed by atoms with Crippen LogP contribution in [0.4, 0.5) is 11.5 Å². The summed E-state index contributed by atoms with van der Waals surface area (Å²) in [5, 5.41) is 5.89. The molecule has 0 aliphatic rings. The molecule has 8 heteroatoms. The molecule has 0 radical (unpaired) electrons. The van der Waals surface area contributed by atoms with Crippen LogP contribution in [0.1, 0.15) is 32.2 Å². The second-order valence-electron chi connectivity index (χ2n) is 5.93. The van der Waals surface area contributed by atoms with Crippen molar-refractivity contribution in [1.29, 1.82) is 0 Å². The number of ether oxygens (including phenoxy) is 1. The summed E-state index contributed by atoms with van der Waals surface area (Å²) in [7, 11) is 1.30. The van der Waals surface area contributed by atoms with E-state index < -0.39 is 11.9 Å². The molecular formula is C20H19N5O3. The normalized spacial score (nSPS) is 10.2. The Bertz CT molecular complexity index is 992. The molecule has 3 rings (SSSR count). The van der Waals surface area contributed by atoms with Crippen LogP contribution in [0.2, 0.25) is 0 Å². The van der Waals surface area contributed by atoms with Crippen LogP contribution in [-0.4, -0.2) is 33.9 Å². The fourth-order valence-corrected chi connectivity index (χ4v) is 2.51. The standard InChI is InChI=1S/C20H19N5O3/c1-13-23-17(10-18(24-13)22-12-14-5-4-8-21-11-14)19(26)25-16-7-3-6-15(9-16)20(27)28-2/h3-11H,12H2,1-2H3,(H,25,26)(H,22,23,24). The van der Waals surface area contributed by atoms with Crippen molar-refractivity contribution in [1.82, 2.24) is 15.0 Å². The number of nitrogens with one attached hydrogen (secondary N) is 2. The first-order chi connectivity index (χ1) is 13.5. The van der Waals surface area contributed by atoms with Crippen LogP contribution in [-0.2, 0) is 11.3 Å². The summed E-state index contributed by atoms with van der Waals surface area (Å²) in [4.78, 5) is 36.8. The van der Waals surface area contributed by atoms with Gasteiger partial charge in [-0.05, 0) is 36.8 Å². The fraction of sp³-hybridized carbons (Fsp3) is 0.150. The first-order valence-corrected chi connectivity index (χ1v) is 8.53. The highest BCUT2D eigenvalue weighted by atomic mass is 16.5. The fourth-order valence-electron chi connectivity index (χ4n) is 2.51. The lowest BCUT2D eigenvalue weighted by Crippen LogP contribution is -2.16. The number of pyridine rings is 1. The highest BCUT2D eigenvalue weighted by molar-refractivity contribution is 6.04. The molecule has 2 aromatic heterocycles. The number of aryl methyl sites for hydroxylation is 1. The number of amides is 1. The SMILES string of the molecule is COC(=O)c1cccc(NC(=O)c2cc(NCc3cccnc3)nc(C)n2)c1. The third-order valence-electron chi connectivity index (χ3n) is 3.81. The number of hydrogen-bond acceptors (Lipinski definition) is 7. The molecule has 0 atom stereocenters. The molecule has 2 heterocycles. The van der Waals surface area contributed by atoms with Crippen molar-refractivity contribution in [3.8, 4) is 0 Å². The van der Waals surface area contributed by atoms with E-state index in [1.807, 2.05) is 12.1 Å². The first-order valence-electron chi connectivity index (χ1n) is 8.53. The number of esters is 1. The molecule has 0 saturated carbocycles. The van der Waals surface area contributed by atoms with Gasteiger partial charge in [0.2, 0.25) is 0 Å². The predicted octanol–water partition coefficient (Wildman–Crippen LogP) is 2.83. The zero-order valence-electron chi connectivity index (χ0n) is 15.5. The molecule has 142 valence electrons. The van der Waals surface area contributed by atoms with Crippen LogP contribution in [0.15, 0.2) is 54.9 Å². The first kappa shape index (κ1) is 19.0. The monoisotopic (exact) mass is 377 g/mol. The lowest BCUT2D eigenvalue weighted by molar-refractivity contribution is 0.0600. The lowest BCUT2D eigenvalue weighted by Gasteiger charge is -2.10. The van der Waals surface area contributed by atoms with Gasteiger partial charge < -0.3 is 15.4 Å². The second-order valence-corrected chi connectivity index (χ2v) is 5.93. The quantitative estimate of drug-likeness (QED) is 0.636. The average molecular weight is 377 g/mol. The van der Waals surface area contributed by atoms with Crippen LogP contribution >= 0.6 is 0 Å². The zero-order valence-corrected chi connectivity index (χ0v) is 15.5. The molecule has 0 fully saturated rings. The average Bonchev–Trinajstić information content (AvgIpc) is 2.72. The second kappa shape index (κ2) is 8.72. The van der Waals surface area contributed by atoms with Crippen LogP contribution in [0, 0.1) is 6.92 Å². The summed E-state index contributed by atoms with van der Waals surface area (Å²) in [5.74, 6) is 0.113. The molecule has 8 nitrogen and oxygen atoms in total. The number of methoxy groups -OCH3 is 1. The molecule has 0 saturated heterocycles. The van der Waals surface area contributed by atoms with Gasteiger partial charge >= 0.3 is 5.97 Å². The molecule has 3 aromatic rings. The van der Waals surface area contributed by atoms with Crippen molar-refractivity contribution in [3.05, 3.63) is 77.5 Å². The van der Waals surface area contributed by atoms with Crippen molar-refractivity contribution in [2.75, 3.05) is 17.7 Å². The van der Waals surface area contributed by atoms with E-state index in [0.29, 0.717) is 29.4 Å². The van der Waals surface area contributed by atoms with E-state index in [2.05, 4.69) is 25.6 Å². The van der Waals surface area contributed by atoms with Gasteiger partial charge in [0.15, 0.2) is 0 Å². The smallest absolute Gasteiger partial charge is 0.337 e. The van der Waals surface area contributed by atoms with Gasteiger partial charge in [0.1, 0.15) is 17.3 Å². The Balaban J connectivity index is 1.73. The predicted molar refractivity (Wildman–Crippen MR) is 104 cm³/mol. The van der Waals surface area contributed by atoms with Gasteiger partial charge in [0, 0.05) is 30.7 Å². The largest absolute Gasteiger partial charge is 0.465 e. The molecule has 0 aliphatic carbocycles. The van der Waals surface area contributed by atoms with Crippen LogP contribution in [0.5, 0.6) is 0 Å². The molecule has 0 bridgehead atoms. The van der Waals surface area contributed by atoms with Crippen molar-refractivity contribution >= 4 is 23.4 Å². The summed E-state index contributed by atoms with van der Waals surface area (Å²) < 4.78 is 4.69. The highest BCUT2D eigenvalue weighted by Gasteiger charge is 2.12. The van der Waals surface area contributed by atoms with E-state index in [4.69, 9.17) is 4.74 Å². The highest BCUT2D eigenvalue weighted by Crippen LogP contribution is 2.14. The Morgan fingerprint density at radius 1 is 1.11 bits per heavy atom. The Labute approximate surface area is 162 Å². The Morgan fingerprint density at radius 2 is 1.96 bits per heavy atom. The van der Waals surface area contributed by atoms with Gasteiger partial charge in [0.05, 0.1) is 12.7 Å². The molecule has 1 aromatic carbocycles. The maximum Gasteiger partial charge on any atom is 0.337 e. The van der Waals surface area contributed by atoms with Gasteiger partial charge in [-0.2, -0.15) is 0 Å². The summed E-state index contributed by atoms with van der Waals surface area (Å²) in [6, 6.07) is 11.9. The Morgan fingerprint density at radius 3 is 2.71 bits per heavy atom. The number of benzene rings is 1. The third kappa shape index (κ3) is 4.88. The van der Waals surface area contributed by atoms with E-state index >= 15 is 0 Å². The van der Waals surface area contributed by atoms with Crippen LogP contribution in [0.3, 0.4) is 0 Å². The molecule has 2 N–H and O–H groups in total. The number of rotatable bonds is 6. The van der Waals surface area contributed by atoms with E-state index in [0.717, 1.165) is 5.56 Å². The lowest BCUT2D eigenvalue weighted by atomic mass is 10.2. The summed E-state index contributed by atoms with van der Waals surface area (Å²) in [6.07, 6.45) is 3.46. The summed E-state index contributed by atoms with van der Waals surface area (Å²) in [6.45, 7) is 2.23. The Hall–Kier alpha value is -3.81. The van der Waals surface area contributed by atoms with E-state index in [1.165, 1.54) is 7.11 Å². The van der Waals surface area contributed by atoms with Crippen LogP contribution in [0.25, 0.3) is 0 Å². The molecule has 0 unspecified atom stereocenters. The van der Waals surface area contributed by atoms with E-state index in [9.17, 15) is 9.59 Å². The number of aromatic nitrogens is 3. The third-order valence-corrected chi connectivity index (χ3v) is 3.81. The molecule has 0 spiro atoms. The number of carbonyl (C=O) groups excluding carboxylic acids is 2. The van der Waals surface area contributed by atoms with Gasteiger partial charge in [0.25, 0.3) is 5.91 Å². The number of anilines is 2. The number of carbonyl (C=O) groups is 2. The van der Waals surface area contributed by atoms with Crippen molar-refractivity contribution in [2.24, 2.45) is 0 Å². The zero-order chi connectivity index (χ0) is 19.9. The maximum absolute atomic E-state index is 12.6. The van der Waals surface area contributed by atoms with Crippen molar-refractivity contribution in [2.45, 2.75) is 13.5 Å². The van der Waals surface area contributed by atoms with Crippen molar-refractivity contribution in [3.63, 3.8) is 0 Å². The topological polar surface area (TPSA) is 106 Å². The minimum absolute atomic E-state index is 0.213. The van der Waals surface area contributed by atoms with E-state index in [-0.39, 0.29) is 5.69 Å². The molecule has 0 aliphatic heterocycles. The molecule has 1 amide bonds. The van der Waals surface area contributed by atoms with E-state index in [1.54, 1.807) is 49.6 Å². The van der Waals surface area contributed by atoms with Gasteiger partial charge in [-0.3, -0.25) is 9.78 Å². The van der Waals surface area contributed by atoms with Gasteiger partial charge in [-0.25, -0.2) is 14.8 Å². The number of nitrogens with zero attached hydrogens (tertiary/aromatic N) is 3. The van der Waals surface area contributed by atoms with Gasteiger partial charge in [-0.1, -0.05) is 12.1 Å². The Kier molecular flexibility index (Phi) is 5.91.